The second-order valence-corrected chi connectivity index (χ2v) is 8.00. The van der Waals surface area contributed by atoms with Crippen LogP contribution in [-0.4, -0.2) is 30.6 Å². The highest BCUT2D eigenvalue weighted by Gasteiger charge is 2.39. The van der Waals surface area contributed by atoms with Crippen molar-refractivity contribution in [3.63, 3.8) is 0 Å². The molecule has 3 aromatic heterocycles. The number of nitrogens with one attached hydrogen (secondary N) is 1. The number of esters is 1. The number of carbonyl (C=O) groups is 1. The van der Waals surface area contributed by atoms with Gasteiger partial charge in [-0.3, -0.25) is 9.59 Å². The molecule has 30 heavy (non-hydrogen) atoms. The van der Waals surface area contributed by atoms with Crippen molar-refractivity contribution in [2.75, 3.05) is 0 Å². The molecule has 0 radical (unpaired) electrons. The number of carbonyl (C=O) groups excluding carboxylic acids is 1. The van der Waals surface area contributed by atoms with Crippen molar-refractivity contribution in [1.29, 1.82) is 0 Å². The molecule has 1 atom stereocenters. The van der Waals surface area contributed by atoms with E-state index in [1.54, 1.807) is 23.9 Å². The molecule has 1 unspecified atom stereocenters. The smallest absolute Gasteiger partial charge is 0.309 e. The number of hydrogen-bond acceptors (Lipinski definition) is 6. The molecule has 0 fully saturated rings. The Kier molecular flexibility index (Phi) is 3.33. The zero-order valence-electron chi connectivity index (χ0n) is 16.2. The minimum absolute atomic E-state index is 0.127. The van der Waals surface area contributed by atoms with Crippen LogP contribution in [0.15, 0.2) is 35.4 Å². The van der Waals surface area contributed by atoms with Crippen molar-refractivity contribution in [2.24, 2.45) is 0 Å². The van der Waals surface area contributed by atoms with Crippen LogP contribution in [0, 0.1) is 0 Å². The lowest BCUT2D eigenvalue weighted by molar-refractivity contribution is -0.149. The molecular formula is C22H18N4O4. The zero-order valence-corrected chi connectivity index (χ0v) is 16.2. The van der Waals surface area contributed by atoms with Crippen molar-refractivity contribution < 1.29 is 14.6 Å². The minimum atomic E-state index is -1.43. The number of aromatic nitrogens is 4. The first-order chi connectivity index (χ1) is 14.5. The summed E-state index contributed by atoms with van der Waals surface area (Å²) < 4.78 is 6.85. The van der Waals surface area contributed by atoms with Gasteiger partial charge in [0.1, 0.15) is 12.2 Å². The maximum absolute atomic E-state index is 13.3. The summed E-state index contributed by atoms with van der Waals surface area (Å²) in [6.07, 6.45) is 1.78. The van der Waals surface area contributed by atoms with Gasteiger partial charge in [-0.15, -0.1) is 0 Å². The van der Waals surface area contributed by atoms with Gasteiger partial charge in [0.05, 0.1) is 52.8 Å². The lowest BCUT2D eigenvalue weighted by Crippen LogP contribution is -2.32. The van der Waals surface area contributed by atoms with Crippen LogP contribution in [-0.2, 0) is 28.3 Å². The van der Waals surface area contributed by atoms with Gasteiger partial charge in [-0.1, -0.05) is 6.92 Å². The SMILES string of the molecule is CCC1(O)CC(=O)OCc2c1cc1n(c2=O)Cc2cc3cc4[nH]cnc4cc3nc2-1. The van der Waals surface area contributed by atoms with Gasteiger partial charge in [0.2, 0.25) is 0 Å². The van der Waals surface area contributed by atoms with Crippen molar-refractivity contribution in [3.8, 4) is 11.4 Å². The molecule has 150 valence electrons. The van der Waals surface area contributed by atoms with E-state index in [1.165, 1.54) is 0 Å². The highest BCUT2D eigenvalue weighted by Crippen LogP contribution is 2.39. The Morgan fingerprint density at radius 3 is 2.93 bits per heavy atom. The summed E-state index contributed by atoms with van der Waals surface area (Å²) >= 11 is 0. The molecule has 1 aromatic carbocycles. The summed E-state index contributed by atoms with van der Waals surface area (Å²) in [7, 11) is 0. The van der Waals surface area contributed by atoms with Gasteiger partial charge in [-0.05, 0) is 36.2 Å². The number of ether oxygens (including phenoxy) is 1. The van der Waals surface area contributed by atoms with E-state index < -0.39 is 11.6 Å². The average molecular weight is 402 g/mol. The van der Waals surface area contributed by atoms with Gasteiger partial charge in [-0.25, -0.2) is 9.97 Å². The topological polar surface area (TPSA) is 110 Å². The predicted molar refractivity (Wildman–Crippen MR) is 109 cm³/mol. The predicted octanol–water partition coefficient (Wildman–Crippen LogP) is 2.35. The molecule has 8 heteroatoms. The van der Waals surface area contributed by atoms with E-state index in [0.717, 1.165) is 27.5 Å². The van der Waals surface area contributed by atoms with E-state index in [9.17, 15) is 14.7 Å². The molecule has 0 saturated carbocycles. The van der Waals surface area contributed by atoms with E-state index in [-0.39, 0.29) is 18.6 Å². The lowest BCUT2D eigenvalue weighted by atomic mass is 9.85. The molecule has 0 bridgehead atoms. The summed E-state index contributed by atoms with van der Waals surface area (Å²) in [6, 6.07) is 7.77. The van der Waals surface area contributed by atoms with Crippen LogP contribution in [0.4, 0.5) is 0 Å². The molecule has 2 aliphatic heterocycles. The molecule has 2 aliphatic rings. The van der Waals surface area contributed by atoms with Gasteiger partial charge >= 0.3 is 5.97 Å². The summed E-state index contributed by atoms with van der Waals surface area (Å²) in [5, 5.41) is 12.1. The molecule has 6 rings (SSSR count). The van der Waals surface area contributed by atoms with Crippen molar-refractivity contribution in [1.82, 2.24) is 19.5 Å². The monoisotopic (exact) mass is 402 g/mol. The van der Waals surface area contributed by atoms with Crippen LogP contribution in [0.1, 0.15) is 36.5 Å². The first kappa shape index (κ1) is 17.3. The number of cyclic esters (lactones) is 1. The number of nitrogens with zero attached hydrogens (tertiary/aromatic N) is 3. The zero-order chi connectivity index (χ0) is 20.6. The number of pyridine rings is 2. The largest absolute Gasteiger partial charge is 0.460 e. The fourth-order valence-electron chi connectivity index (χ4n) is 4.61. The summed E-state index contributed by atoms with van der Waals surface area (Å²) in [4.78, 5) is 37.5. The quantitative estimate of drug-likeness (QED) is 0.417. The highest BCUT2D eigenvalue weighted by molar-refractivity contribution is 5.94. The van der Waals surface area contributed by atoms with E-state index in [4.69, 9.17) is 9.72 Å². The summed E-state index contributed by atoms with van der Waals surface area (Å²) in [5.74, 6) is -0.507. The van der Waals surface area contributed by atoms with Gasteiger partial charge in [-0.2, -0.15) is 0 Å². The number of fused-ring (bicyclic) bond motifs is 6. The standard InChI is InChI=1S/C22H18N4O4/c1-2-22(29)7-19(27)30-9-13-14(22)5-18-20-12(8-26(18)21(13)28)3-11-4-16-17(24-10-23-16)6-15(11)25-20/h3-6,10,29H,2,7-9H2,1H3,(H,23,24). The fraction of sp³-hybridized carbons (Fsp3) is 0.273. The third-order valence-electron chi connectivity index (χ3n) is 6.31. The molecular weight excluding hydrogens is 384 g/mol. The molecule has 0 saturated heterocycles. The normalized spacial score (nSPS) is 20.0. The molecule has 0 spiro atoms. The molecule has 8 nitrogen and oxygen atoms in total. The maximum Gasteiger partial charge on any atom is 0.309 e. The van der Waals surface area contributed by atoms with Crippen molar-refractivity contribution >= 4 is 27.9 Å². The number of hydrogen-bond donors (Lipinski definition) is 2. The highest BCUT2D eigenvalue weighted by atomic mass is 16.5. The van der Waals surface area contributed by atoms with E-state index in [0.29, 0.717) is 35.5 Å². The number of rotatable bonds is 1. The fourth-order valence-corrected chi connectivity index (χ4v) is 4.61. The van der Waals surface area contributed by atoms with Crippen molar-refractivity contribution in [3.05, 3.63) is 57.6 Å². The second-order valence-electron chi connectivity index (χ2n) is 8.00. The summed E-state index contributed by atoms with van der Waals surface area (Å²) in [5.41, 5.74) is 3.96. The molecule has 4 aromatic rings. The lowest BCUT2D eigenvalue weighted by Gasteiger charge is -2.26. The van der Waals surface area contributed by atoms with Gasteiger partial charge in [0, 0.05) is 10.9 Å². The average Bonchev–Trinajstić information content (AvgIpc) is 3.29. The Hall–Kier alpha value is -3.52. The number of aliphatic hydroxyl groups is 1. The number of aromatic amines is 1. The van der Waals surface area contributed by atoms with E-state index >= 15 is 0 Å². The molecule has 5 heterocycles. The Morgan fingerprint density at radius 1 is 1.23 bits per heavy atom. The summed E-state index contributed by atoms with van der Waals surface area (Å²) in [6.45, 7) is 2.05. The third kappa shape index (κ3) is 2.25. The first-order valence-corrected chi connectivity index (χ1v) is 9.89. The number of H-pyrrole nitrogens is 1. The Morgan fingerprint density at radius 2 is 2.10 bits per heavy atom. The second kappa shape index (κ2) is 5.76. The van der Waals surface area contributed by atoms with E-state index in [2.05, 4.69) is 9.97 Å². The maximum atomic E-state index is 13.3. The molecule has 0 aliphatic carbocycles. The van der Waals surface area contributed by atoms with Crippen LogP contribution >= 0.6 is 0 Å². The van der Waals surface area contributed by atoms with Crippen molar-refractivity contribution in [2.45, 2.75) is 38.5 Å². The number of benzene rings is 1. The van der Waals surface area contributed by atoms with Gasteiger partial charge in [0.25, 0.3) is 5.56 Å². The van der Waals surface area contributed by atoms with Crippen LogP contribution in [0.3, 0.4) is 0 Å². The Bertz CT molecular complexity index is 1450. The Labute approximate surface area is 170 Å². The van der Waals surface area contributed by atoms with Crippen LogP contribution in [0.2, 0.25) is 0 Å². The third-order valence-corrected chi connectivity index (χ3v) is 6.31. The number of imidazole rings is 1. The Balaban J connectivity index is 1.62. The van der Waals surface area contributed by atoms with Crippen LogP contribution in [0.5, 0.6) is 0 Å². The molecule has 2 N–H and O–H groups in total. The minimum Gasteiger partial charge on any atom is -0.460 e. The van der Waals surface area contributed by atoms with Gasteiger partial charge < -0.3 is 19.4 Å². The van der Waals surface area contributed by atoms with Crippen LogP contribution in [0.25, 0.3) is 33.3 Å². The molecule has 0 amide bonds. The van der Waals surface area contributed by atoms with E-state index in [1.807, 2.05) is 18.2 Å². The first-order valence-electron chi connectivity index (χ1n) is 9.89. The van der Waals surface area contributed by atoms with Gasteiger partial charge in [0.15, 0.2) is 0 Å². The van der Waals surface area contributed by atoms with Crippen LogP contribution < -0.4 is 5.56 Å².